The summed E-state index contributed by atoms with van der Waals surface area (Å²) in [5, 5.41) is 13.8. The molecule has 0 heterocycles. The molecule has 1 N–H and O–H groups in total. The van der Waals surface area contributed by atoms with Gasteiger partial charge in [0, 0.05) is 17.8 Å². The van der Waals surface area contributed by atoms with Gasteiger partial charge in [-0.05, 0) is 19.1 Å². The van der Waals surface area contributed by atoms with Crippen LogP contribution in [0.25, 0.3) is 0 Å². The van der Waals surface area contributed by atoms with Gasteiger partial charge in [-0.1, -0.05) is 0 Å². The molecule has 0 saturated heterocycles. The Kier molecular flexibility index (Phi) is 2.26. The molecule has 2 atom stereocenters. The van der Waals surface area contributed by atoms with Crippen molar-refractivity contribution in [2.45, 2.75) is 19.9 Å². The summed E-state index contributed by atoms with van der Waals surface area (Å²) in [6.07, 6.45) is 0. The molecule has 1 aromatic rings. The van der Waals surface area contributed by atoms with Crippen LogP contribution in [-0.2, 0) is 0 Å². The zero-order chi connectivity index (χ0) is 11.0. The summed E-state index contributed by atoms with van der Waals surface area (Å²) in [6.45, 7) is 4.28. The molecule has 1 fully saturated rings. The van der Waals surface area contributed by atoms with Crippen molar-refractivity contribution >= 4 is 11.4 Å². The van der Waals surface area contributed by atoms with Crippen LogP contribution in [-0.4, -0.2) is 11.0 Å². The minimum Gasteiger partial charge on any atom is -0.341 e. The number of non-ortho nitro benzene ring substituents is 1. The highest BCUT2D eigenvalue weighted by molar-refractivity contribution is 5.52. The van der Waals surface area contributed by atoms with Crippen LogP contribution in [0.15, 0.2) is 24.3 Å². The Hall–Kier alpha value is -1.71. The number of anilines is 1. The van der Waals surface area contributed by atoms with Crippen molar-refractivity contribution < 1.29 is 4.92 Å². The zero-order valence-electron chi connectivity index (χ0n) is 8.73. The van der Waals surface area contributed by atoms with E-state index in [1.54, 1.807) is 12.1 Å². The fourth-order valence-corrected chi connectivity index (χ4v) is 1.66. The van der Waals surface area contributed by atoms with Crippen LogP contribution in [0.4, 0.5) is 11.4 Å². The van der Waals surface area contributed by atoms with Crippen molar-refractivity contribution in [1.29, 1.82) is 0 Å². The smallest absolute Gasteiger partial charge is 0.269 e. The molecular formula is C11H13N2O2+. The summed E-state index contributed by atoms with van der Waals surface area (Å²) >= 11 is 0. The molecule has 0 radical (unpaired) electrons. The first-order chi connectivity index (χ1) is 7.09. The van der Waals surface area contributed by atoms with E-state index < -0.39 is 0 Å². The third-order valence-corrected chi connectivity index (χ3v) is 3.00. The largest absolute Gasteiger partial charge is 0.341 e. The summed E-state index contributed by atoms with van der Waals surface area (Å²) in [5.41, 5.74) is 1.07. The van der Waals surface area contributed by atoms with Crippen molar-refractivity contribution in [2.24, 2.45) is 5.92 Å². The van der Waals surface area contributed by atoms with Crippen molar-refractivity contribution in [3.63, 3.8) is 0 Å². The van der Waals surface area contributed by atoms with Crippen LogP contribution >= 0.6 is 0 Å². The van der Waals surface area contributed by atoms with Gasteiger partial charge in [0.05, 0.1) is 11.8 Å². The van der Waals surface area contributed by atoms with E-state index >= 15 is 0 Å². The molecule has 0 spiro atoms. The van der Waals surface area contributed by atoms with E-state index in [1.165, 1.54) is 18.1 Å². The van der Waals surface area contributed by atoms with Gasteiger partial charge in [0.1, 0.15) is 5.92 Å². The molecule has 1 aromatic carbocycles. The number of hydrogen-bond donors (Lipinski definition) is 1. The third-order valence-electron chi connectivity index (χ3n) is 3.00. The molecule has 4 heteroatoms. The van der Waals surface area contributed by atoms with Gasteiger partial charge in [-0.25, -0.2) is 0 Å². The second-order valence-electron chi connectivity index (χ2n) is 3.96. The highest BCUT2D eigenvalue weighted by atomic mass is 16.6. The van der Waals surface area contributed by atoms with E-state index in [1.807, 2.05) is 0 Å². The number of rotatable bonds is 3. The van der Waals surface area contributed by atoms with Gasteiger partial charge in [-0.15, -0.1) is 0 Å². The predicted molar refractivity (Wildman–Crippen MR) is 58.6 cm³/mol. The molecule has 2 unspecified atom stereocenters. The van der Waals surface area contributed by atoms with Gasteiger partial charge in [-0.3, -0.25) is 10.1 Å². The Morgan fingerprint density at radius 3 is 2.33 bits per heavy atom. The Morgan fingerprint density at radius 1 is 1.40 bits per heavy atom. The quantitative estimate of drug-likeness (QED) is 0.469. The fourth-order valence-electron chi connectivity index (χ4n) is 1.66. The molecular weight excluding hydrogens is 192 g/mol. The van der Waals surface area contributed by atoms with E-state index in [9.17, 15) is 10.1 Å². The third kappa shape index (κ3) is 1.88. The molecule has 1 aliphatic carbocycles. The molecule has 1 saturated carbocycles. The van der Waals surface area contributed by atoms with E-state index in [2.05, 4.69) is 19.2 Å². The lowest BCUT2D eigenvalue weighted by atomic mass is 10.3. The molecule has 78 valence electrons. The molecule has 0 bridgehead atoms. The minimum atomic E-state index is -0.388. The lowest BCUT2D eigenvalue weighted by Gasteiger charge is -1.99. The average molecular weight is 205 g/mol. The molecule has 2 rings (SSSR count). The van der Waals surface area contributed by atoms with Crippen molar-refractivity contribution in [1.82, 2.24) is 0 Å². The second kappa shape index (κ2) is 3.46. The van der Waals surface area contributed by atoms with E-state index in [-0.39, 0.29) is 10.6 Å². The molecule has 0 aromatic heterocycles. The Balaban J connectivity index is 2.02. The van der Waals surface area contributed by atoms with Crippen molar-refractivity contribution in [2.75, 3.05) is 5.32 Å². The monoisotopic (exact) mass is 205 g/mol. The fraction of sp³-hybridized carbons (Fsp3) is 0.364. The summed E-state index contributed by atoms with van der Waals surface area (Å²) in [5.74, 6) is 2.05. The van der Waals surface area contributed by atoms with E-state index in [0.717, 1.165) is 5.69 Å². The number of benzene rings is 1. The first-order valence-electron chi connectivity index (χ1n) is 4.94. The topological polar surface area (TPSA) is 55.2 Å². The minimum absolute atomic E-state index is 0.130. The maximum Gasteiger partial charge on any atom is 0.269 e. The van der Waals surface area contributed by atoms with Gasteiger partial charge in [0.15, 0.2) is 5.92 Å². The van der Waals surface area contributed by atoms with Gasteiger partial charge in [-0.2, -0.15) is 0 Å². The Morgan fingerprint density at radius 2 is 1.93 bits per heavy atom. The van der Waals surface area contributed by atoms with Gasteiger partial charge < -0.3 is 5.32 Å². The summed E-state index contributed by atoms with van der Waals surface area (Å²) < 4.78 is 0. The number of nitrogens with one attached hydrogen (secondary N) is 1. The van der Waals surface area contributed by atoms with Crippen LogP contribution in [0, 0.1) is 22.0 Å². The lowest BCUT2D eigenvalue weighted by molar-refractivity contribution is -0.384. The Bertz CT molecular complexity index is 367. The van der Waals surface area contributed by atoms with E-state index in [4.69, 9.17) is 0 Å². The van der Waals surface area contributed by atoms with Crippen LogP contribution < -0.4 is 5.32 Å². The standard InChI is InChI=1S/C11H13N2O2/c1-7-8(2)11(7)12-9-3-5-10(6-4-9)13(14)15/h3-7,11-12H,1-2H3/q+1. The normalized spacial score (nSPS) is 23.7. The lowest BCUT2D eigenvalue weighted by Crippen LogP contribution is -2.04. The van der Waals surface area contributed by atoms with E-state index in [0.29, 0.717) is 12.0 Å². The second-order valence-corrected chi connectivity index (χ2v) is 3.96. The highest BCUT2D eigenvalue weighted by Crippen LogP contribution is 2.42. The zero-order valence-corrected chi connectivity index (χ0v) is 8.73. The average Bonchev–Trinajstić information content (AvgIpc) is 2.77. The summed E-state index contributed by atoms with van der Waals surface area (Å²) in [6, 6.07) is 6.97. The summed E-state index contributed by atoms with van der Waals surface area (Å²) in [4.78, 5) is 10.0. The number of nitrogens with zero attached hydrogens (tertiary/aromatic N) is 1. The number of nitro groups is 1. The molecule has 1 aliphatic rings. The first-order valence-corrected chi connectivity index (χ1v) is 4.94. The van der Waals surface area contributed by atoms with Gasteiger partial charge >= 0.3 is 0 Å². The summed E-state index contributed by atoms with van der Waals surface area (Å²) in [7, 11) is 0. The van der Waals surface area contributed by atoms with Crippen LogP contribution in [0.3, 0.4) is 0 Å². The van der Waals surface area contributed by atoms with Crippen molar-refractivity contribution in [3.05, 3.63) is 40.3 Å². The predicted octanol–water partition coefficient (Wildman–Crippen LogP) is 2.62. The molecule has 15 heavy (non-hydrogen) atoms. The first kappa shape index (κ1) is 9.83. The number of hydrogen-bond acceptors (Lipinski definition) is 3. The SMILES string of the molecule is C[C+]1C(C)C1Nc1ccc([N+](=O)[O-])cc1. The van der Waals surface area contributed by atoms with Crippen LogP contribution in [0.5, 0.6) is 0 Å². The maximum absolute atomic E-state index is 10.4. The molecule has 0 amide bonds. The van der Waals surface area contributed by atoms with Crippen molar-refractivity contribution in [3.8, 4) is 0 Å². The molecule has 4 nitrogen and oxygen atoms in total. The maximum atomic E-state index is 10.4. The Labute approximate surface area is 88.5 Å². The van der Waals surface area contributed by atoms with Gasteiger partial charge in [0.2, 0.25) is 6.04 Å². The number of nitro benzene ring substituents is 1. The van der Waals surface area contributed by atoms with Crippen LogP contribution in [0.1, 0.15) is 13.8 Å². The van der Waals surface area contributed by atoms with Gasteiger partial charge in [0.25, 0.3) is 5.69 Å². The van der Waals surface area contributed by atoms with Crippen LogP contribution in [0.2, 0.25) is 0 Å². The highest BCUT2D eigenvalue weighted by Gasteiger charge is 2.57. The molecule has 0 aliphatic heterocycles.